The van der Waals surface area contributed by atoms with Crippen LogP contribution in [0.3, 0.4) is 0 Å². The summed E-state index contributed by atoms with van der Waals surface area (Å²) in [5.74, 6) is 1.54. The first kappa shape index (κ1) is 19.8. The predicted molar refractivity (Wildman–Crippen MR) is 105 cm³/mol. The Morgan fingerprint density at radius 3 is 2.15 bits per heavy atom. The van der Waals surface area contributed by atoms with Crippen LogP contribution in [0.5, 0.6) is 11.5 Å². The number of carbonyl (C=O) groups excluding carboxylic acids is 1. The molecule has 5 nitrogen and oxygen atoms in total. The monoisotopic (exact) mass is 356 g/mol. The molecule has 2 aromatic rings. The van der Waals surface area contributed by atoms with Gasteiger partial charge in [-0.3, -0.25) is 4.79 Å². The van der Waals surface area contributed by atoms with Crippen LogP contribution in [0, 0.1) is 0 Å². The van der Waals surface area contributed by atoms with Crippen molar-refractivity contribution in [1.82, 2.24) is 5.32 Å². The molecule has 0 saturated carbocycles. The highest BCUT2D eigenvalue weighted by atomic mass is 16.5. The standard InChI is InChI=1S/C21H28N2O3/c1-4-16-7-6-8-17(5-2)21(16)23-20(24)15-22-13-14-26-19-11-9-18(25-3)10-12-19/h6-12,22H,4-5,13-15H2,1-3H3,(H,23,24). The van der Waals surface area contributed by atoms with E-state index in [0.717, 1.165) is 30.0 Å². The zero-order valence-electron chi connectivity index (χ0n) is 15.8. The van der Waals surface area contributed by atoms with Crippen LogP contribution in [0.1, 0.15) is 25.0 Å². The third-order valence-electron chi connectivity index (χ3n) is 4.16. The van der Waals surface area contributed by atoms with Crippen molar-refractivity contribution in [3.8, 4) is 11.5 Å². The van der Waals surface area contributed by atoms with Crippen molar-refractivity contribution < 1.29 is 14.3 Å². The molecule has 2 aromatic carbocycles. The Morgan fingerprint density at radius 2 is 1.58 bits per heavy atom. The Hall–Kier alpha value is -2.53. The van der Waals surface area contributed by atoms with E-state index in [1.807, 2.05) is 30.3 Å². The molecule has 0 aromatic heterocycles. The molecule has 2 N–H and O–H groups in total. The number of hydrogen-bond acceptors (Lipinski definition) is 4. The van der Waals surface area contributed by atoms with E-state index in [4.69, 9.17) is 9.47 Å². The van der Waals surface area contributed by atoms with Crippen LogP contribution in [0.15, 0.2) is 42.5 Å². The molecule has 0 aliphatic carbocycles. The number of hydrogen-bond donors (Lipinski definition) is 2. The Bertz CT molecular complexity index is 677. The van der Waals surface area contributed by atoms with E-state index in [1.54, 1.807) is 7.11 Å². The van der Waals surface area contributed by atoms with Crippen LogP contribution < -0.4 is 20.1 Å². The van der Waals surface area contributed by atoms with Gasteiger partial charge in [0.15, 0.2) is 0 Å². The Balaban J connectivity index is 1.74. The third kappa shape index (κ3) is 5.77. The van der Waals surface area contributed by atoms with Crippen LogP contribution in [0.4, 0.5) is 5.69 Å². The highest BCUT2D eigenvalue weighted by molar-refractivity contribution is 5.93. The molecule has 0 aliphatic rings. The summed E-state index contributed by atoms with van der Waals surface area (Å²) in [7, 11) is 1.63. The van der Waals surface area contributed by atoms with E-state index in [0.29, 0.717) is 13.2 Å². The summed E-state index contributed by atoms with van der Waals surface area (Å²) >= 11 is 0. The van der Waals surface area contributed by atoms with Gasteiger partial charge >= 0.3 is 0 Å². The number of rotatable bonds is 10. The van der Waals surface area contributed by atoms with Crippen LogP contribution in [0.25, 0.3) is 0 Å². The Kier molecular flexibility index (Phi) is 7.96. The van der Waals surface area contributed by atoms with Gasteiger partial charge in [-0.1, -0.05) is 32.0 Å². The van der Waals surface area contributed by atoms with E-state index in [1.165, 1.54) is 11.1 Å². The minimum atomic E-state index is -0.0370. The molecule has 0 radical (unpaired) electrons. The van der Waals surface area contributed by atoms with Crippen molar-refractivity contribution >= 4 is 11.6 Å². The van der Waals surface area contributed by atoms with Crippen molar-refractivity contribution in [2.45, 2.75) is 26.7 Å². The maximum atomic E-state index is 12.2. The van der Waals surface area contributed by atoms with Gasteiger partial charge in [0.1, 0.15) is 18.1 Å². The lowest BCUT2D eigenvalue weighted by atomic mass is 10.0. The van der Waals surface area contributed by atoms with Gasteiger partial charge in [0, 0.05) is 12.2 Å². The SMILES string of the molecule is CCc1cccc(CC)c1NC(=O)CNCCOc1ccc(OC)cc1. The molecule has 2 rings (SSSR count). The highest BCUT2D eigenvalue weighted by Crippen LogP contribution is 2.22. The summed E-state index contributed by atoms with van der Waals surface area (Å²) in [6.07, 6.45) is 1.79. The first-order valence-electron chi connectivity index (χ1n) is 9.06. The van der Waals surface area contributed by atoms with Gasteiger partial charge in [-0.25, -0.2) is 0 Å². The molecule has 0 bridgehead atoms. The third-order valence-corrected chi connectivity index (χ3v) is 4.16. The van der Waals surface area contributed by atoms with Gasteiger partial charge in [0.05, 0.1) is 13.7 Å². The summed E-state index contributed by atoms with van der Waals surface area (Å²) in [6, 6.07) is 13.6. The molecule has 26 heavy (non-hydrogen) atoms. The summed E-state index contributed by atoms with van der Waals surface area (Å²) in [5.41, 5.74) is 3.29. The number of carbonyl (C=O) groups is 1. The zero-order chi connectivity index (χ0) is 18.8. The summed E-state index contributed by atoms with van der Waals surface area (Å²) in [5, 5.41) is 6.16. The smallest absolute Gasteiger partial charge is 0.238 e. The highest BCUT2D eigenvalue weighted by Gasteiger charge is 2.09. The lowest BCUT2D eigenvalue weighted by Gasteiger charge is -2.14. The van der Waals surface area contributed by atoms with Crippen molar-refractivity contribution in [3.05, 3.63) is 53.6 Å². The second kappa shape index (κ2) is 10.5. The van der Waals surface area contributed by atoms with E-state index in [2.05, 4.69) is 36.6 Å². The molecular weight excluding hydrogens is 328 g/mol. The van der Waals surface area contributed by atoms with E-state index >= 15 is 0 Å². The summed E-state index contributed by atoms with van der Waals surface area (Å²) < 4.78 is 10.7. The van der Waals surface area contributed by atoms with E-state index in [-0.39, 0.29) is 12.5 Å². The second-order valence-corrected chi connectivity index (χ2v) is 5.91. The molecule has 5 heteroatoms. The predicted octanol–water partition coefficient (Wildman–Crippen LogP) is 3.43. The van der Waals surface area contributed by atoms with Gasteiger partial charge in [-0.05, 0) is 48.2 Å². The molecule has 0 atom stereocenters. The van der Waals surface area contributed by atoms with Crippen molar-refractivity contribution in [2.75, 3.05) is 32.1 Å². The molecule has 0 aliphatic heterocycles. The van der Waals surface area contributed by atoms with Crippen molar-refractivity contribution in [1.29, 1.82) is 0 Å². The fourth-order valence-electron chi connectivity index (χ4n) is 2.70. The molecule has 140 valence electrons. The average molecular weight is 356 g/mol. The molecule has 1 amide bonds. The minimum absolute atomic E-state index is 0.0370. The fraction of sp³-hybridized carbons (Fsp3) is 0.381. The molecule has 0 saturated heterocycles. The number of amides is 1. The topological polar surface area (TPSA) is 59.6 Å². The van der Waals surface area contributed by atoms with Gasteiger partial charge in [-0.2, -0.15) is 0 Å². The molecule has 0 unspecified atom stereocenters. The largest absolute Gasteiger partial charge is 0.497 e. The second-order valence-electron chi connectivity index (χ2n) is 5.91. The van der Waals surface area contributed by atoms with Crippen LogP contribution in [0.2, 0.25) is 0 Å². The first-order chi connectivity index (χ1) is 12.7. The molecule has 0 fully saturated rings. The van der Waals surface area contributed by atoms with Crippen molar-refractivity contribution in [2.24, 2.45) is 0 Å². The van der Waals surface area contributed by atoms with Gasteiger partial charge in [-0.15, -0.1) is 0 Å². The van der Waals surface area contributed by atoms with E-state index < -0.39 is 0 Å². The van der Waals surface area contributed by atoms with Crippen LogP contribution in [-0.4, -0.2) is 32.7 Å². The maximum absolute atomic E-state index is 12.2. The average Bonchev–Trinajstić information content (AvgIpc) is 2.68. The first-order valence-corrected chi connectivity index (χ1v) is 9.06. The minimum Gasteiger partial charge on any atom is -0.497 e. The quantitative estimate of drug-likeness (QED) is 0.641. The zero-order valence-corrected chi connectivity index (χ0v) is 15.8. The van der Waals surface area contributed by atoms with Gasteiger partial charge < -0.3 is 20.1 Å². The normalized spacial score (nSPS) is 10.4. The number of anilines is 1. The molecular formula is C21H28N2O3. The van der Waals surface area contributed by atoms with Crippen LogP contribution in [-0.2, 0) is 17.6 Å². The lowest BCUT2D eigenvalue weighted by Crippen LogP contribution is -2.31. The number of benzene rings is 2. The number of methoxy groups -OCH3 is 1. The van der Waals surface area contributed by atoms with Gasteiger partial charge in [0.2, 0.25) is 5.91 Å². The molecule has 0 heterocycles. The summed E-state index contributed by atoms with van der Waals surface area (Å²) in [4.78, 5) is 12.2. The van der Waals surface area contributed by atoms with Gasteiger partial charge in [0.25, 0.3) is 0 Å². The Labute approximate surface area is 155 Å². The summed E-state index contributed by atoms with van der Waals surface area (Å²) in [6.45, 7) is 5.53. The fourth-order valence-corrected chi connectivity index (χ4v) is 2.70. The number of nitrogens with one attached hydrogen (secondary N) is 2. The maximum Gasteiger partial charge on any atom is 0.238 e. The van der Waals surface area contributed by atoms with Crippen molar-refractivity contribution in [3.63, 3.8) is 0 Å². The van der Waals surface area contributed by atoms with E-state index in [9.17, 15) is 4.79 Å². The molecule has 0 spiro atoms. The Morgan fingerprint density at radius 1 is 0.962 bits per heavy atom. The van der Waals surface area contributed by atoms with Crippen LogP contribution >= 0.6 is 0 Å². The number of aryl methyl sites for hydroxylation is 2. The number of ether oxygens (including phenoxy) is 2. The lowest BCUT2D eigenvalue weighted by molar-refractivity contribution is -0.115. The number of para-hydroxylation sites is 1.